The van der Waals surface area contributed by atoms with Crippen LogP contribution < -0.4 is 4.74 Å². The van der Waals surface area contributed by atoms with E-state index in [-0.39, 0.29) is 46.7 Å². The molecule has 144 valence electrons. The fraction of sp³-hybridized carbons (Fsp3) is 0.571. The molecule has 1 aromatic rings. The maximum Gasteiger partial charge on any atom is 0.173 e. The van der Waals surface area contributed by atoms with Gasteiger partial charge in [-0.15, -0.1) is 0 Å². The minimum Gasteiger partial charge on any atom is -0.508 e. The van der Waals surface area contributed by atoms with E-state index in [1.165, 1.54) is 17.7 Å². The van der Waals surface area contributed by atoms with Crippen molar-refractivity contribution in [3.8, 4) is 17.2 Å². The number of phenols is 2. The molecule has 0 saturated carbocycles. The average molecular weight is 362 g/mol. The van der Waals surface area contributed by atoms with Gasteiger partial charge in [0.1, 0.15) is 29.4 Å². The van der Waals surface area contributed by atoms with Crippen molar-refractivity contribution in [3.63, 3.8) is 0 Å². The first-order chi connectivity index (χ1) is 12.2. The quantitative estimate of drug-likeness (QED) is 0.381. The number of rotatable bonds is 9. The van der Waals surface area contributed by atoms with Crippen molar-refractivity contribution in [2.75, 3.05) is 6.61 Å². The van der Waals surface area contributed by atoms with Gasteiger partial charge in [-0.05, 0) is 46.1 Å². The summed E-state index contributed by atoms with van der Waals surface area (Å²) < 4.78 is 11.3. The molecule has 1 saturated heterocycles. The smallest absolute Gasteiger partial charge is 0.173 e. The third-order valence-corrected chi connectivity index (χ3v) is 5.01. The lowest BCUT2D eigenvalue weighted by atomic mass is 9.95. The summed E-state index contributed by atoms with van der Waals surface area (Å²) in [6.07, 6.45) is 4.82. The van der Waals surface area contributed by atoms with E-state index in [1.807, 2.05) is 26.8 Å². The molecule has 26 heavy (non-hydrogen) atoms. The van der Waals surface area contributed by atoms with Crippen LogP contribution in [0.2, 0.25) is 0 Å². The third-order valence-electron chi connectivity index (χ3n) is 5.01. The number of carbonyl (C=O) groups is 1. The number of hydrogen-bond donors (Lipinski definition) is 2. The summed E-state index contributed by atoms with van der Waals surface area (Å²) in [7, 11) is 0. The third kappa shape index (κ3) is 5.01. The Labute approximate surface area is 155 Å². The summed E-state index contributed by atoms with van der Waals surface area (Å²) in [5.41, 5.74) is 1.31. The van der Waals surface area contributed by atoms with Gasteiger partial charge in [-0.3, -0.25) is 4.79 Å². The molecule has 2 N–H and O–H groups in total. The Kier molecular flexibility index (Phi) is 6.34. The summed E-state index contributed by atoms with van der Waals surface area (Å²) in [4.78, 5) is 12.5. The standard InChI is InChI=1S/C21H30O5/c1-6-14(3)20(24)19-16(23)11-15(22)12-17(19)25-10-9-13(2)7-8-18-21(4,5)26-18/h9,11-12,14,18,22-23H,6-8,10H2,1-5H3/b13-9+/t14-,18+/m0/s1. The van der Waals surface area contributed by atoms with Crippen LogP contribution in [-0.4, -0.2) is 34.3 Å². The van der Waals surface area contributed by atoms with Crippen LogP contribution >= 0.6 is 0 Å². The Morgan fingerprint density at radius 3 is 2.62 bits per heavy atom. The molecule has 1 aromatic carbocycles. The molecule has 0 bridgehead atoms. The van der Waals surface area contributed by atoms with Gasteiger partial charge in [-0.1, -0.05) is 19.4 Å². The molecule has 1 aliphatic heterocycles. The number of allylic oxidation sites excluding steroid dienone is 1. The van der Waals surface area contributed by atoms with Crippen molar-refractivity contribution in [3.05, 3.63) is 29.3 Å². The van der Waals surface area contributed by atoms with Gasteiger partial charge in [0.05, 0.1) is 11.7 Å². The van der Waals surface area contributed by atoms with E-state index < -0.39 is 0 Å². The number of ether oxygens (including phenoxy) is 2. The fourth-order valence-electron chi connectivity index (χ4n) is 2.85. The largest absolute Gasteiger partial charge is 0.508 e. The predicted molar refractivity (Wildman–Crippen MR) is 101 cm³/mol. The molecular weight excluding hydrogens is 332 g/mol. The van der Waals surface area contributed by atoms with Gasteiger partial charge in [0.2, 0.25) is 0 Å². The highest BCUT2D eigenvalue weighted by atomic mass is 16.6. The first-order valence-corrected chi connectivity index (χ1v) is 9.22. The van der Waals surface area contributed by atoms with Crippen LogP contribution in [0.4, 0.5) is 0 Å². The van der Waals surface area contributed by atoms with Gasteiger partial charge in [-0.25, -0.2) is 0 Å². The number of phenolic OH excluding ortho intramolecular Hbond substituents is 2. The van der Waals surface area contributed by atoms with Crippen molar-refractivity contribution in [1.82, 2.24) is 0 Å². The second kappa shape index (κ2) is 8.12. The highest BCUT2D eigenvalue weighted by Crippen LogP contribution is 2.39. The number of Topliss-reactive ketones (excluding diaryl/α,β-unsaturated/α-hetero) is 1. The van der Waals surface area contributed by atoms with E-state index in [0.717, 1.165) is 12.8 Å². The molecule has 5 nitrogen and oxygen atoms in total. The summed E-state index contributed by atoms with van der Waals surface area (Å²) in [5.74, 6) is -0.588. The van der Waals surface area contributed by atoms with Crippen molar-refractivity contribution >= 4 is 5.78 Å². The SMILES string of the molecule is CC[C@H](C)C(=O)c1c(O)cc(O)cc1OC/C=C(\C)CC[C@H]1OC1(C)C. The van der Waals surface area contributed by atoms with Crippen molar-refractivity contribution in [2.24, 2.45) is 5.92 Å². The molecule has 2 rings (SSSR count). The molecule has 0 unspecified atom stereocenters. The van der Waals surface area contributed by atoms with Crippen LogP contribution in [0.1, 0.15) is 64.2 Å². The number of ketones is 1. The molecule has 0 radical (unpaired) electrons. The van der Waals surface area contributed by atoms with Crippen molar-refractivity contribution < 1.29 is 24.5 Å². The highest BCUT2D eigenvalue weighted by molar-refractivity contribution is 6.02. The lowest BCUT2D eigenvalue weighted by Gasteiger charge is -2.15. The first-order valence-electron chi connectivity index (χ1n) is 9.22. The predicted octanol–water partition coefficient (Wildman–Crippen LogP) is 4.61. The summed E-state index contributed by atoms with van der Waals surface area (Å²) >= 11 is 0. The zero-order valence-corrected chi connectivity index (χ0v) is 16.3. The maximum absolute atomic E-state index is 12.5. The molecule has 0 amide bonds. The minimum absolute atomic E-state index is 0.00110. The number of epoxide rings is 1. The molecule has 0 aliphatic carbocycles. The van der Waals surface area contributed by atoms with E-state index >= 15 is 0 Å². The molecule has 1 heterocycles. The van der Waals surface area contributed by atoms with Gasteiger partial charge in [-0.2, -0.15) is 0 Å². The summed E-state index contributed by atoms with van der Waals surface area (Å²) in [6, 6.07) is 2.54. The highest BCUT2D eigenvalue weighted by Gasteiger charge is 2.46. The fourth-order valence-corrected chi connectivity index (χ4v) is 2.85. The van der Waals surface area contributed by atoms with Crippen LogP contribution in [0.5, 0.6) is 17.2 Å². The number of aromatic hydroxyl groups is 2. The first kappa shape index (κ1) is 20.3. The molecule has 1 aliphatic rings. The van der Waals surface area contributed by atoms with Gasteiger partial charge < -0.3 is 19.7 Å². The van der Waals surface area contributed by atoms with Gasteiger partial charge in [0, 0.05) is 18.1 Å². The number of hydrogen-bond acceptors (Lipinski definition) is 5. The zero-order chi connectivity index (χ0) is 19.5. The monoisotopic (exact) mass is 362 g/mol. The van der Waals surface area contributed by atoms with E-state index in [9.17, 15) is 15.0 Å². The van der Waals surface area contributed by atoms with E-state index in [4.69, 9.17) is 9.47 Å². The lowest BCUT2D eigenvalue weighted by molar-refractivity contribution is 0.0920. The Morgan fingerprint density at radius 1 is 1.38 bits per heavy atom. The van der Waals surface area contributed by atoms with Gasteiger partial charge in [0.25, 0.3) is 0 Å². The van der Waals surface area contributed by atoms with Crippen molar-refractivity contribution in [1.29, 1.82) is 0 Å². The Morgan fingerprint density at radius 2 is 2.04 bits per heavy atom. The minimum atomic E-state index is -0.251. The maximum atomic E-state index is 12.5. The molecule has 0 spiro atoms. The van der Waals surface area contributed by atoms with Gasteiger partial charge >= 0.3 is 0 Å². The normalized spacial score (nSPS) is 19.9. The van der Waals surface area contributed by atoms with E-state index in [0.29, 0.717) is 12.5 Å². The molecule has 0 aromatic heterocycles. The second-order valence-corrected chi connectivity index (χ2v) is 7.62. The second-order valence-electron chi connectivity index (χ2n) is 7.62. The summed E-state index contributed by atoms with van der Waals surface area (Å²) in [5, 5.41) is 19.8. The number of carbonyl (C=O) groups excluding carboxylic acids is 1. The molecular formula is C21H30O5. The van der Waals surface area contributed by atoms with E-state index in [2.05, 4.69) is 13.8 Å². The Hall–Kier alpha value is -2.01. The Balaban J connectivity index is 2.01. The molecule has 2 atom stereocenters. The van der Waals surface area contributed by atoms with E-state index in [1.54, 1.807) is 0 Å². The van der Waals surface area contributed by atoms with Crippen LogP contribution in [0.3, 0.4) is 0 Å². The van der Waals surface area contributed by atoms with Crippen LogP contribution in [0, 0.1) is 5.92 Å². The topological polar surface area (TPSA) is 79.3 Å². The van der Waals surface area contributed by atoms with Crippen LogP contribution in [0.15, 0.2) is 23.8 Å². The summed E-state index contributed by atoms with van der Waals surface area (Å²) in [6.45, 7) is 10.2. The molecule has 5 heteroatoms. The zero-order valence-electron chi connectivity index (χ0n) is 16.3. The van der Waals surface area contributed by atoms with Crippen molar-refractivity contribution in [2.45, 2.75) is 65.6 Å². The van der Waals surface area contributed by atoms with Crippen LogP contribution in [0.25, 0.3) is 0 Å². The molecule has 1 fully saturated rings. The number of benzene rings is 1. The Bertz CT molecular complexity index is 690. The van der Waals surface area contributed by atoms with Gasteiger partial charge in [0.15, 0.2) is 5.78 Å². The average Bonchev–Trinajstić information content (AvgIpc) is 3.18. The lowest BCUT2D eigenvalue weighted by Crippen LogP contribution is -2.12. The van der Waals surface area contributed by atoms with Crippen LogP contribution in [-0.2, 0) is 4.74 Å².